The van der Waals surface area contributed by atoms with Crippen LogP contribution in [-0.2, 0) is 7.05 Å². The van der Waals surface area contributed by atoms with Crippen molar-refractivity contribution in [1.29, 1.82) is 0 Å². The lowest BCUT2D eigenvalue weighted by molar-refractivity contribution is 0.282. The molecular weight excluding hydrogens is 218 g/mol. The van der Waals surface area contributed by atoms with Gasteiger partial charge < -0.3 is 10.4 Å². The highest BCUT2D eigenvalue weighted by molar-refractivity contribution is 5.86. The molecule has 2 N–H and O–H groups in total. The summed E-state index contributed by atoms with van der Waals surface area (Å²) in [5.41, 5.74) is 0.817. The molecule has 0 aliphatic heterocycles. The fourth-order valence-electron chi connectivity index (χ4n) is 1.78. The first kappa shape index (κ1) is 11.8. The minimum atomic E-state index is 0.220. The Balaban J connectivity index is 2.18. The lowest BCUT2D eigenvalue weighted by Crippen LogP contribution is -2.16. The maximum Gasteiger partial charge on any atom is 0.163 e. The molecule has 2 aromatic heterocycles. The summed E-state index contributed by atoms with van der Waals surface area (Å²) in [4.78, 5) is 8.41. The standard InChI is InChI=1S/C11H17N5O/c1-8(4-3-5-17)15-10-9-6-14-16(2)11(9)13-7-12-10/h6-8,17H,3-5H2,1-2H3,(H,12,13,15). The second-order valence-electron chi connectivity index (χ2n) is 4.14. The third kappa shape index (κ3) is 2.52. The molecule has 92 valence electrons. The van der Waals surface area contributed by atoms with Crippen molar-refractivity contribution in [2.75, 3.05) is 11.9 Å². The molecular formula is C11H17N5O. The van der Waals surface area contributed by atoms with Crippen molar-refractivity contribution in [1.82, 2.24) is 19.7 Å². The first-order valence-corrected chi connectivity index (χ1v) is 5.72. The molecule has 1 unspecified atom stereocenters. The van der Waals surface area contributed by atoms with Gasteiger partial charge in [-0.2, -0.15) is 5.10 Å². The molecule has 17 heavy (non-hydrogen) atoms. The number of fused-ring (bicyclic) bond motifs is 1. The van der Waals surface area contributed by atoms with E-state index in [9.17, 15) is 0 Å². The maximum absolute atomic E-state index is 8.79. The Hall–Kier alpha value is -1.69. The molecule has 6 heteroatoms. The molecule has 0 radical (unpaired) electrons. The largest absolute Gasteiger partial charge is 0.396 e. The molecule has 0 spiro atoms. The maximum atomic E-state index is 8.79. The van der Waals surface area contributed by atoms with Crippen molar-refractivity contribution in [3.63, 3.8) is 0 Å². The smallest absolute Gasteiger partial charge is 0.163 e. The topological polar surface area (TPSA) is 75.9 Å². The number of nitrogens with one attached hydrogen (secondary N) is 1. The van der Waals surface area contributed by atoms with E-state index in [2.05, 4.69) is 27.3 Å². The molecule has 2 rings (SSSR count). The van der Waals surface area contributed by atoms with E-state index in [1.807, 2.05) is 7.05 Å². The van der Waals surface area contributed by atoms with Gasteiger partial charge in [0.1, 0.15) is 12.1 Å². The molecule has 0 aliphatic rings. The normalized spacial score (nSPS) is 12.9. The van der Waals surface area contributed by atoms with E-state index < -0.39 is 0 Å². The van der Waals surface area contributed by atoms with Crippen molar-refractivity contribution in [3.8, 4) is 0 Å². The average Bonchev–Trinajstić information content (AvgIpc) is 2.70. The Kier molecular flexibility index (Phi) is 3.53. The SMILES string of the molecule is CC(CCCO)Nc1ncnc2c1cnn2C. The molecule has 0 aromatic carbocycles. The summed E-state index contributed by atoms with van der Waals surface area (Å²) in [5.74, 6) is 0.800. The molecule has 2 aromatic rings. The van der Waals surface area contributed by atoms with Crippen LogP contribution in [0.4, 0.5) is 5.82 Å². The van der Waals surface area contributed by atoms with Gasteiger partial charge in [0.25, 0.3) is 0 Å². The van der Waals surface area contributed by atoms with Gasteiger partial charge in [-0.05, 0) is 19.8 Å². The number of aromatic nitrogens is 4. The molecule has 6 nitrogen and oxygen atoms in total. The van der Waals surface area contributed by atoms with E-state index in [-0.39, 0.29) is 12.6 Å². The quantitative estimate of drug-likeness (QED) is 0.806. The summed E-state index contributed by atoms with van der Waals surface area (Å²) in [6.45, 7) is 2.29. The Morgan fingerprint density at radius 1 is 1.47 bits per heavy atom. The van der Waals surface area contributed by atoms with Gasteiger partial charge in [0, 0.05) is 19.7 Å². The summed E-state index contributed by atoms with van der Waals surface area (Å²) in [6.07, 6.45) is 4.99. The summed E-state index contributed by atoms with van der Waals surface area (Å²) in [5, 5.41) is 17.2. The van der Waals surface area contributed by atoms with E-state index in [1.165, 1.54) is 6.33 Å². The van der Waals surface area contributed by atoms with Gasteiger partial charge in [-0.25, -0.2) is 9.97 Å². The third-order valence-corrected chi connectivity index (χ3v) is 2.71. The number of nitrogens with zero attached hydrogens (tertiary/aromatic N) is 4. The number of hydrogen-bond donors (Lipinski definition) is 2. The van der Waals surface area contributed by atoms with Crippen LogP contribution in [-0.4, -0.2) is 37.5 Å². The van der Waals surface area contributed by atoms with Gasteiger partial charge in [0.2, 0.25) is 0 Å². The molecule has 0 bridgehead atoms. The lowest BCUT2D eigenvalue weighted by Gasteiger charge is -2.13. The average molecular weight is 235 g/mol. The highest BCUT2D eigenvalue weighted by Crippen LogP contribution is 2.19. The summed E-state index contributed by atoms with van der Waals surface area (Å²) in [7, 11) is 1.86. The molecule has 0 fully saturated rings. The molecule has 0 aliphatic carbocycles. The van der Waals surface area contributed by atoms with E-state index in [1.54, 1.807) is 10.9 Å². The monoisotopic (exact) mass is 235 g/mol. The Morgan fingerprint density at radius 2 is 2.29 bits per heavy atom. The molecule has 2 heterocycles. The van der Waals surface area contributed by atoms with Gasteiger partial charge in [0.05, 0.1) is 11.6 Å². The van der Waals surface area contributed by atoms with Crippen LogP contribution in [0.15, 0.2) is 12.5 Å². The summed E-state index contributed by atoms with van der Waals surface area (Å²) in [6, 6.07) is 0.264. The number of aryl methyl sites for hydroxylation is 1. The summed E-state index contributed by atoms with van der Waals surface area (Å²) < 4.78 is 1.72. The number of aliphatic hydroxyl groups excluding tert-OH is 1. The first-order valence-electron chi connectivity index (χ1n) is 5.72. The highest BCUT2D eigenvalue weighted by Gasteiger charge is 2.09. The van der Waals surface area contributed by atoms with Gasteiger partial charge in [0.15, 0.2) is 5.65 Å². The lowest BCUT2D eigenvalue weighted by atomic mass is 10.2. The minimum absolute atomic E-state index is 0.220. The van der Waals surface area contributed by atoms with Crippen molar-refractivity contribution >= 4 is 16.9 Å². The van der Waals surface area contributed by atoms with Crippen LogP contribution in [0.5, 0.6) is 0 Å². The van der Waals surface area contributed by atoms with Crippen molar-refractivity contribution < 1.29 is 5.11 Å². The van der Waals surface area contributed by atoms with Crippen molar-refractivity contribution in [3.05, 3.63) is 12.5 Å². The fraction of sp³-hybridized carbons (Fsp3) is 0.545. The van der Waals surface area contributed by atoms with Crippen molar-refractivity contribution in [2.24, 2.45) is 7.05 Å². The predicted octanol–water partition coefficient (Wildman–Crippen LogP) is 0.936. The summed E-state index contributed by atoms with van der Waals surface area (Å²) >= 11 is 0. The molecule has 0 saturated carbocycles. The van der Waals surface area contributed by atoms with Crippen LogP contribution in [0.1, 0.15) is 19.8 Å². The van der Waals surface area contributed by atoms with Gasteiger partial charge in [-0.15, -0.1) is 0 Å². The van der Waals surface area contributed by atoms with Crippen LogP contribution in [0.3, 0.4) is 0 Å². The number of rotatable bonds is 5. The zero-order valence-electron chi connectivity index (χ0n) is 10.1. The van der Waals surface area contributed by atoms with E-state index in [0.29, 0.717) is 0 Å². The fourth-order valence-corrected chi connectivity index (χ4v) is 1.78. The zero-order valence-corrected chi connectivity index (χ0v) is 10.1. The van der Waals surface area contributed by atoms with E-state index in [0.717, 1.165) is 29.7 Å². The molecule has 0 amide bonds. The van der Waals surface area contributed by atoms with E-state index >= 15 is 0 Å². The van der Waals surface area contributed by atoms with Crippen LogP contribution in [0.25, 0.3) is 11.0 Å². The second kappa shape index (κ2) is 5.09. The predicted molar refractivity (Wildman–Crippen MR) is 65.7 cm³/mol. The van der Waals surface area contributed by atoms with E-state index in [4.69, 9.17) is 5.11 Å². The van der Waals surface area contributed by atoms with Gasteiger partial charge in [-0.3, -0.25) is 4.68 Å². The molecule has 1 atom stereocenters. The van der Waals surface area contributed by atoms with Crippen LogP contribution >= 0.6 is 0 Å². The Labute approximate surface area is 99.7 Å². The number of aliphatic hydroxyl groups is 1. The van der Waals surface area contributed by atoms with Crippen molar-refractivity contribution in [2.45, 2.75) is 25.8 Å². The zero-order chi connectivity index (χ0) is 12.3. The van der Waals surface area contributed by atoms with Gasteiger partial charge in [-0.1, -0.05) is 0 Å². The Morgan fingerprint density at radius 3 is 3.06 bits per heavy atom. The first-order chi connectivity index (χ1) is 8.22. The van der Waals surface area contributed by atoms with Crippen LogP contribution < -0.4 is 5.32 Å². The minimum Gasteiger partial charge on any atom is -0.396 e. The highest BCUT2D eigenvalue weighted by atomic mass is 16.2. The third-order valence-electron chi connectivity index (χ3n) is 2.71. The number of hydrogen-bond acceptors (Lipinski definition) is 5. The number of anilines is 1. The van der Waals surface area contributed by atoms with Crippen LogP contribution in [0.2, 0.25) is 0 Å². The van der Waals surface area contributed by atoms with Gasteiger partial charge >= 0.3 is 0 Å². The van der Waals surface area contributed by atoms with Crippen LogP contribution in [0, 0.1) is 0 Å². The molecule has 0 saturated heterocycles. The second-order valence-corrected chi connectivity index (χ2v) is 4.14. The Bertz CT molecular complexity index is 496.